The molecule has 1 unspecified atom stereocenters. The summed E-state index contributed by atoms with van der Waals surface area (Å²) in [5.74, 6) is 0.359. The Morgan fingerprint density at radius 3 is 2.75 bits per heavy atom. The standard InChI is InChI=1S/C19H20F2N4O2.ClH/c1-25-9-13(12-7-17(22)23-8-15(12)25)14-5-11(18(20)21)6-16(24-14)19(26-2)3-4-27-10-19;/h5-9,18H,3-4,10H2,1-2H3,(H2,22,23);1H. The molecule has 1 fully saturated rings. The molecule has 1 atom stereocenters. The summed E-state index contributed by atoms with van der Waals surface area (Å²) in [5, 5.41) is 0.809. The van der Waals surface area contributed by atoms with Crippen LogP contribution in [0.2, 0.25) is 0 Å². The van der Waals surface area contributed by atoms with Crippen LogP contribution in [0.25, 0.3) is 22.2 Å². The molecule has 6 nitrogen and oxygen atoms in total. The summed E-state index contributed by atoms with van der Waals surface area (Å²) in [6.07, 6.45) is 1.45. The summed E-state index contributed by atoms with van der Waals surface area (Å²) >= 11 is 0. The van der Waals surface area contributed by atoms with E-state index >= 15 is 0 Å². The molecule has 0 aromatic carbocycles. The second-order valence-electron chi connectivity index (χ2n) is 6.75. The summed E-state index contributed by atoms with van der Waals surface area (Å²) < 4.78 is 40.2. The third-order valence-corrected chi connectivity index (χ3v) is 5.12. The number of nitrogens with zero attached hydrogens (tertiary/aromatic N) is 3. The van der Waals surface area contributed by atoms with E-state index in [9.17, 15) is 8.78 Å². The highest BCUT2D eigenvalue weighted by Crippen LogP contribution is 2.38. The summed E-state index contributed by atoms with van der Waals surface area (Å²) in [6.45, 7) is 0.787. The van der Waals surface area contributed by atoms with Crippen molar-refractivity contribution in [3.8, 4) is 11.3 Å². The molecule has 1 aliphatic rings. The topological polar surface area (TPSA) is 75.2 Å². The Morgan fingerprint density at radius 1 is 1.32 bits per heavy atom. The van der Waals surface area contributed by atoms with E-state index in [2.05, 4.69) is 4.98 Å². The van der Waals surface area contributed by atoms with Gasteiger partial charge in [0, 0.05) is 49.9 Å². The molecule has 4 rings (SSSR count). The van der Waals surface area contributed by atoms with E-state index in [1.165, 1.54) is 12.1 Å². The third-order valence-electron chi connectivity index (χ3n) is 5.12. The van der Waals surface area contributed by atoms with Crippen LogP contribution >= 0.6 is 12.4 Å². The van der Waals surface area contributed by atoms with Gasteiger partial charge in [-0.2, -0.15) is 0 Å². The fourth-order valence-corrected chi connectivity index (χ4v) is 3.56. The maximum atomic E-state index is 13.6. The molecule has 28 heavy (non-hydrogen) atoms. The van der Waals surface area contributed by atoms with Crippen LogP contribution in [0.5, 0.6) is 0 Å². The number of aryl methyl sites for hydroxylation is 1. The van der Waals surface area contributed by atoms with Gasteiger partial charge < -0.3 is 19.8 Å². The minimum absolute atomic E-state index is 0. The second kappa shape index (κ2) is 7.62. The molecule has 0 saturated carbocycles. The number of hydrogen-bond donors (Lipinski definition) is 1. The van der Waals surface area contributed by atoms with Crippen LogP contribution in [0.1, 0.15) is 24.1 Å². The molecule has 9 heteroatoms. The molecule has 0 radical (unpaired) electrons. The molecule has 4 heterocycles. The highest BCUT2D eigenvalue weighted by Gasteiger charge is 2.39. The Balaban J connectivity index is 0.00000225. The van der Waals surface area contributed by atoms with Gasteiger partial charge in [0.15, 0.2) is 0 Å². The number of methoxy groups -OCH3 is 1. The third kappa shape index (κ3) is 3.32. The van der Waals surface area contributed by atoms with Gasteiger partial charge >= 0.3 is 0 Å². The summed E-state index contributed by atoms with van der Waals surface area (Å²) in [5.41, 5.74) is 7.38. The van der Waals surface area contributed by atoms with Crippen LogP contribution in [0.15, 0.2) is 30.6 Å². The van der Waals surface area contributed by atoms with Crippen molar-refractivity contribution in [2.45, 2.75) is 18.4 Å². The van der Waals surface area contributed by atoms with Crippen molar-refractivity contribution in [2.75, 3.05) is 26.1 Å². The largest absolute Gasteiger partial charge is 0.384 e. The van der Waals surface area contributed by atoms with Crippen molar-refractivity contribution in [1.29, 1.82) is 0 Å². The number of nitrogen functional groups attached to an aromatic ring is 1. The monoisotopic (exact) mass is 410 g/mol. The van der Waals surface area contributed by atoms with Gasteiger partial charge in [-0.15, -0.1) is 12.4 Å². The second-order valence-corrected chi connectivity index (χ2v) is 6.75. The maximum absolute atomic E-state index is 13.6. The molecule has 2 N–H and O–H groups in total. The molecule has 0 bridgehead atoms. The number of pyridine rings is 2. The predicted octanol–water partition coefficient (Wildman–Crippen LogP) is 3.84. The van der Waals surface area contributed by atoms with Crippen LogP contribution < -0.4 is 5.73 Å². The van der Waals surface area contributed by atoms with Crippen LogP contribution in [0, 0.1) is 0 Å². The molecule has 0 amide bonds. The Hall–Kier alpha value is -2.29. The van der Waals surface area contributed by atoms with E-state index in [1.54, 1.807) is 19.4 Å². The lowest BCUT2D eigenvalue weighted by Crippen LogP contribution is -2.30. The van der Waals surface area contributed by atoms with Gasteiger partial charge in [-0.05, 0) is 18.2 Å². The molecule has 0 spiro atoms. The normalized spacial score (nSPS) is 19.3. The van der Waals surface area contributed by atoms with E-state index < -0.39 is 12.0 Å². The molecule has 1 aliphatic heterocycles. The highest BCUT2D eigenvalue weighted by atomic mass is 35.5. The van der Waals surface area contributed by atoms with Crippen molar-refractivity contribution in [2.24, 2.45) is 7.05 Å². The number of hydrogen-bond acceptors (Lipinski definition) is 5. The van der Waals surface area contributed by atoms with Gasteiger partial charge in [0.1, 0.15) is 11.4 Å². The van der Waals surface area contributed by atoms with Crippen molar-refractivity contribution >= 4 is 29.1 Å². The van der Waals surface area contributed by atoms with Crippen LogP contribution in [0.4, 0.5) is 14.6 Å². The number of anilines is 1. The Morgan fingerprint density at radius 2 is 2.11 bits per heavy atom. The zero-order valence-electron chi connectivity index (χ0n) is 15.5. The van der Waals surface area contributed by atoms with Crippen molar-refractivity contribution < 1.29 is 18.3 Å². The van der Waals surface area contributed by atoms with Gasteiger partial charge in [-0.1, -0.05) is 0 Å². The summed E-state index contributed by atoms with van der Waals surface area (Å²) in [7, 11) is 3.42. The van der Waals surface area contributed by atoms with E-state index in [-0.39, 0.29) is 24.6 Å². The maximum Gasteiger partial charge on any atom is 0.263 e. The number of nitrogens with two attached hydrogens (primary N) is 1. The molecular weight excluding hydrogens is 390 g/mol. The Labute approximate surface area is 167 Å². The van der Waals surface area contributed by atoms with Crippen molar-refractivity contribution in [1.82, 2.24) is 14.5 Å². The van der Waals surface area contributed by atoms with Gasteiger partial charge in [0.25, 0.3) is 6.43 Å². The lowest BCUT2D eigenvalue weighted by Gasteiger charge is -2.26. The summed E-state index contributed by atoms with van der Waals surface area (Å²) in [4.78, 5) is 8.80. The molecule has 0 aliphatic carbocycles. The zero-order valence-corrected chi connectivity index (χ0v) is 16.3. The fourth-order valence-electron chi connectivity index (χ4n) is 3.56. The average Bonchev–Trinajstić information content (AvgIpc) is 3.27. The number of alkyl halides is 2. The highest BCUT2D eigenvalue weighted by molar-refractivity contribution is 5.96. The van der Waals surface area contributed by atoms with E-state index in [4.69, 9.17) is 20.2 Å². The first-order chi connectivity index (χ1) is 12.9. The van der Waals surface area contributed by atoms with Crippen LogP contribution in [0.3, 0.4) is 0 Å². The number of rotatable bonds is 4. The number of aromatic nitrogens is 3. The van der Waals surface area contributed by atoms with Crippen molar-refractivity contribution in [3.63, 3.8) is 0 Å². The Bertz CT molecular complexity index is 1000. The number of ether oxygens (including phenoxy) is 2. The fraction of sp³-hybridized carbons (Fsp3) is 0.368. The van der Waals surface area contributed by atoms with E-state index in [0.717, 1.165) is 16.5 Å². The smallest absolute Gasteiger partial charge is 0.263 e. The quantitative estimate of drug-likeness (QED) is 0.707. The first-order valence-corrected chi connectivity index (χ1v) is 8.58. The van der Waals surface area contributed by atoms with Crippen LogP contribution in [-0.4, -0.2) is 34.9 Å². The average molecular weight is 411 g/mol. The molecule has 1 saturated heterocycles. The lowest BCUT2D eigenvalue weighted by atomic mass is 9.95. The summed E-state index contributed by atoms with van der Waals surface area (Å²) in [6, 6.07) is 4.55. The molecular formula is C19H21ClF2N4O2. The molecule has 3 aromatic rings. The zero-order chi connectivity index (χ0) is 19.2. The van der Waals surface area contributed by atoms with Crippen LogP contribution in [-0.2, 0) is 22.1 Å². The SMILES string of the molecule is COC1(c2cc(C(F)F)cc(-c3cn(C)c4cnc(N)cc34)n2)CCOC1.Cl. The minimum atomic E-state index is -2.62. The van der Waals surface area contributed by atoms with Gasteiger partial charge in [-0.25, -0.2) is 18.7 Å². The van der Waals surface area contributed by atoms with Gasteiger partial charge in [0.2, 0.25) is 0 Å². The molecule has 150 valence electrons. The first-order valence-electron chi connectivity index (χ1n) is 8.58. The predicted molar refractivity (Wildman–Crippen MR) is 105 cm³/mol. The minimum Gasteiger partial charge on any atom is -0.384 e. The number of halogens is 3. The van der Waals surface area contributed by atoms with Crippen molar-refractivity contribution in [3.05, 3.63) is 41.9 Å². The van der Waals surface area contributed by atoms with Gasteiger partial charge in [0.05, 0.1) is 29.7 Å². The van der Waals surface area contributed by atoms with E-state index in [0.29, 0.717) is 30.2 Å². The lowest BCUT2D eigenvalue weighted by molar-refractivity contribution is -0.0247. The van der Waals surface area contributed by atoms with Gasteiger partial charge in [-0.3, -0.25) is 0 Å². The number of fused-ring (bicyclic) bond motifs is 1. The molecule has 3 aromatic heterocycles. The first kappa shape index (κ1) is 20.4. The van der Waals surface area contributed by atoms with E-state index in [1.807, 2.05) is 17.8 Å². The Kier molecular flexibility index (Phi) is 5.56.